The van der Waals surface area contributed by atoms with Crippen molar-refractivity contribution in [1.82, 2.24) is 4.57 Å². The van der Waals surface area contributed by atoms with Crippen molar-refractivity contribution in [2.24, 2.45) is 0 Å². The first-order chi connectivity index (χ1) is 31.7. The Morgan fingerprint density at radius 3 is 1.61 bits per heavy atom. The van der Waals surface area contributed by atoms with Crippen molar-refractivity contribution >= 4 is 70.4 Å². The van der Waals surface area contributed by atoms with Gasteiger partial charge < -0.3 is 9.47 Å². The maximum atomic E-state index is 2.50. The van der Waals surface area contributed by atoms with Gasteiger partial charge in [0.25, 0.3) is 0 Å². The molecule has 300 valence electrons. The summed E-state index contributed by atoms with van der Waals surface area (Å²) in [5, 5.41) is 5.02. The Hall–Kier alpha value is -7.98. The van der Waals surface area contributed by atoms with Gasteiger partial charge in [-0.05, 0) is 117 Å². The summed E-state index contributed by atoms with van der Waals surface area (Å²) < 4.78 is 5.02. The van der Waals surface area contributed by atoms with Crippen molar-refractivity contribution in [2.45, 2.75) is 5.41 Å². The van der Waals surface area contributed by atoms with Crippen molar-refractivity contribution in [1.29, 1.82) is 0 Å². The normalized spacial score (nSPS) is 12.8. The lowest BCUT2D eigenvalue weighted by atomic mass is 9.67. The second-order valence-corrected chi connectivity index (χ2v) is 17.9. The summed E-state index contributed by atoms with van der Waals surface area (Å²) in [5.41, 5.74) is 16.5. The van der Waals surface area contributed by atoms with Crippen LogP contribution in [0.2, 0.25) is 0 Å². The van der Waals surface area contributed by atoms with Crippen LogP contribution in [0.5, 0.6) is 0 Å². The molecule has 0 saturated heterocycles. The van der Waals surface area contributed by atoms with Gasteiger partial charge in [0, 0.05) is 53.7 Å². The van der Waals surface area contributed by atoms with E-state index in [9.17, 15) is 0 Å². The molecule has 0 unspecified atom stereocenters. The van der Waals surface area contributed by atoms with Crippen LogP contribution < -0.4 is 4.90 Å². The Kier molecular flexibility index (Phi) is 8.34. The van der Waals surface area contributed by atoms with Gasteiger partial charge in [-0.1, -0.05) is 170 Å². The number of hydrogen-bond donors (Lipinski definition) is 0. The molecule has 2 aromatic heterocycles. The third-order valence-corrected chi connectivity index (χ3v) is 14.6. The molecular weight excluding hydrogens is 793 g/mol. The van der Waals surface area contributed by atoms with Gasteiger partial charge in [0.05, 0.1) is 16.4 Å². The summed E-state index contributed by atoms with van der Waals surface area (Å²) >= 11 is 1.86. The number of para-hydroxylation sites is 1. The van der Waals surface area contributed by atoms with Crippen LogP contribution in [-0.2, 0) is 5.41 Å². The molecule has 0 bridgehead atoms. The fourth-order valence-corrected chi connectivity index (χ4v) is 11.8. The standard InChI is InChI=1S/C61H40N2S/c1-4-16-41(17-5-1)42-28-31-46(32-29-42)62(48-33-35-52-51-24-12-15-27-59(51)64-60(52)40-48)47-34-37-58-54(39-47)53-38-44(30-36-57(53)63(58)45-20-8-3-9-21-45)61(43-18-6-2-7-19-43)55-25-13-10-22-49(55)50-23-11-14-26-56(50)61/h1-40H. The average Bonchev–Trinajstić information content (AvgIpc) is 4.01. The Bertz CT molecular complexity index is 3670. The van der Waals surface area contributed by atoms with Crippen LogP contribution in [0.15, 0.2) is 243 Å². The Labute approximate surface area is 376 Å². The monoisotopic (exact) mass is 832 g/mol. The highest BCUT2D eigenvalue weighted by Crippen LogP contribution is 2.56. The van der Waals surface area contributed by atoms with Gasteiger partial charge >= 0.3 is 0 Å². The molecule has 10 aromatic carbocycles. The van der Waals surface area contributed by atoms with Crippen LogP contribution in [0.3, 0.4) is 0 Å². The van der Waals surface area contributed by atoms with Crippen LogP contribution >= 0.6 is 11.3 Å². The summed E-state index contributed by atoms with van der Waals surface area (Å²) in [6.45, 7) is 0. The highest BCUT2D eigenvalue weighted by atomic mass is 32.1. The molecule has 1 aliphatic carbocycles. The van der Waals surface area contributed by atoms with Crippen LogP contribution in [0.4, 0.5) is 17.1 Å². The third-order valence-electron chi connectivity index (χ3n) is 13.5. The number of aromatic nitrogens is 1. The van der Waals surface area contributed by atoms with E-state index in [4.69, 9.17) is 0 Å². The number of fused-ring (bicyclic) bond motifs is 9. The molecule has 0 aliphatic heterocycles. The summed E-state index contributed by atoms with van der Waals surface area (Å²) in [6, 6.07) is 89.6. The Morgan fingerprint density at radius 2 is 0.875 bits per heavy atom. The smallest absolute Gasteiger partial charge is 0.0713 e. The topological polar surface area (TPSA) is 8.17 Å². The van der Waals surface area contributed by atoms with Crippen molar-refractivity contribution in [3.8, 4) is 27.9 Å². The van der Waals surface area contributed by atoms with Crippen LogP contribution in [0.1, 0.15) is 22.3 Å². The minimum absolute atomic E-state index is 0.506. The number of rotatable bonds is 7. The molecule has 0 atom stereocenters. The van der Waals surface area contributed by atoms with E-state index in [0.717, 1.165) is 22.7 Å². The van der Waals surface area contributed by atoms with Gasteiger partial charge in [0.15, 0.2) is 0 Å². The highest BCUT2D eigenvalue weighted by Gasteiger charge is 2.46. The number of hydrogen-bond acceptors (Lipinski definition) is 2. The van der Waals surface area contributed by atoms with Crippen molar-refractivity contribution in [3.05, 3.63) is 265 Å². The fourth-order valence-electron chi connectivity index (χ4n) is 10.7. The summed E-state index contributed by atoms with van der Waals surface area (Å²) in [5.74, 6) is 0. The Morgan fingerprint density at radius 1 is 0.344 bits per heavy atom. The molecule has 0 amide bonds. The predicted molar refractivity (Wildman–Crippen MR) is 271 cm³/mol. The predicted octanol–water partition coefficient (Wildman–Crippen LogP) is 16.7. The summed E-state index contributed by atoms with van der Waals surface area (Å²) in [4.78, 5) is 2.43. The summed E-state index contributed by atoms with van der Waals surface area (Å²) in [7, 11) is 0. The van der Waals surface area contributed by atoms with E-state index in [1.165, 1.54) is 86.5 Å². The molecule has 0 spiro atoms. The zero-order valence-corrected chi connectivity index (χ0v) is 35.7. The number of thiophene rings is 1. The van der Waals surface area contributed by atoms with Crippen molar-refractivity contribution in [2.75, 3.05) is 4.90 Å². The van der Waals surface area contributed by atoms with Crippen LogP contribution in [-0.4, -0.2) is 4.57 Å². The van der Waals surface area contributed by atoms with Gasteiger partial charge in [-0.2, -0.15) is 0 Å². The van der Waals surface area contributed by atoms with E-state index in [2.05, 4.69) is 252 Å². The lowest BCUT2D eigenvalue weighted by Gasteiger charge is -2.34. The number of benzene rings is 10. The van der Waals surface area contributed by atoms with E-state index in [0.29, 0.717) is 0 Å². The van der Waals surface area contributed by atoms with Crippen LogP contribution in [0, 0.1) is 0 Å². The Balaban J connectivity index is 1.07. The molecule has 3 heteroatoms. The molecule has 0 radical (unpaired) electrons. The zero-order valence-electron chi connectivity index (χ0n) is 34.9. The lowest BCUT2D eigenvalue weighted by molar-refractivity contribution is 0.770. The minimum atomic E-state index is -0.506. The molecule has 0 fully saturated rings. The highest BCUT2D eigenvalue weighted by molar-refractivity contribution is 7.25. The molecule has 0 saturated carbocycles. The first-order valence-electron chi connectivity index (χ1n) is 22.0. The fraction of sp³-hybridized carbons (Fsp3) is 0.0164. The average molecular weight is 833 g/mol. The molecule has 1 aliphatic rings. The van der Waals surface area contributed by atoms with Crippen molar-refractivity contribution < 1.29 is 0 Å². The van der Waals surface area contributed by atoms with Gasteiger partial charge in [0.1, 0.15) is 0 Å². The lowest BCUT2D eigenvalue weighted by Crippen LogP contribution is -2.28. The third kappa shape index (κ3) is 5.51. The second kappa shape index (κ2) is 14.6. The number of nitrogens with zero attached hydrogens (tertiary/aromatic N) is 2. The first kappa shape index (κ1) is 36.7. The summed E-state index contributed by atoms with van der Waals surface area (Å²) in [6.07, 6.45) is 0. The van der Waals surface area contributed by atoms with E-state index in [1.54, 1.807) is 0 Å². The van der Waals surface area contributed by atoms with Gasteiger partial charge in [-0.3, -0.25) is 0 Å². The van der Waals surface area contributed by atoms with Gasteiger partial charge in [-0.15, -0.1) is 11.3 Å². The molecular formula is C61H40N2S. The molecule has 13 rings (SSSR count). The number of anilines is 3. The van der Waals surface area contributed by atoms with E-state index in [-0.39, 0.29) is 0 Å². The van der Waals surface area contributed by atoms with Gasteiger partial charge in [-0.25, -0.2) is 0 Å². The van der Waals surface area contributed by atoms with E-state index < -0.39 is 5.41 Å². The second-order valence-electron chi connectivity index (χ2n) is 16.8. The largest absolute Gasteiger partial charge is 0.310 e. The maximum absolute atomic E-state index is 2.50. The first-order valence-corrected chi connectivity index (χ1v) is 22.8. The molecule has 2 nitrogen and oxygen atoms in total. The van der Waals surface area contributed by atoms with Gasteiger partial charge in [0.2, 0.25) is 0 Å². The maximum Gasteiger partial charge on any atom is 0.0713 e. The van der Waals surface area contributed by atoms with Crippen LogP contribution in [0.25, 0.3) is 69.9 Å². The van der Waals surface area contributed by atoms with Crippen molar-refractivity contribution in [3.63, 3.8) is 0 Å². The molecule has 64 heavy (non-hydrogen) atoms. The minimum Gasteiger partial charge on any atom is -0.310 e. The molecule has 0 N–H and O–H groups in total. The quantitative estimate of drug-likeness (QED) is 0.155. The zero-order chi connectivity index (χ0) is 42.2. The SMILES string of the molecule is c1ccc(-c2ccc(N(c3ccc4c(c3)sc3ccccc34)c3ccc4c(c3)c3cc(C5(c6ccccc6)c6ccccc6-c6ccccc65)ccc3n4-c3ccccc3)cc2)cc1. The molecule has 12 aromatic rings. The van der Waals surface area contributed by atoms with E-state index >= 15 is 0 Å². The molecule has 2 heterocycles. The van der Waals surface area contributed by atoms with E-state index in [1.807, 2.05) is 11.3 Å².